The van der Waals surface area contributed by atoms with Gasteiger partial charge in [-0.25, -0.2) is 0 Å². The molecule has 0 atom stereocenters. The van der Waals surface area contributed by atoms with Crippen molar-refractivity contribution in [1.82, 2.24) is 4.98 Å². The molecule has 2 heterocycles. The summed E-state index contributed by atoms with van der Waals surface area (Å²) in [5, 5.41) is 14.6. The summed E-state index contributed by atoms with van der Waals surface area (Å²) in [5.74, 6) is 0.547. The maximum absolute atomic E-state index is 11.7. The van der Waals surface area contributed by atoms with Gasteiger partial charge in [0.25, 0.3) is 0 Å². The van der Waals surface area contributed by atoms with Crippen molar-refractivity contribution in [3.05, 3.63) is 108 Å². The number of rotatable bonds is 9. The minimum atomic E-state index is 0. The predicted molar refractivity (Wildman–Crippen MR) is 204 cm³/mol. The number of hydrogen-bond donors (Lipinski definition) is 1. The number of para-hydroxylation sites is 1. The first kappa shape index (κ1) is 38.0. The van der Waals surface area contributed by atoms with Crippen LogP contribution < -0.4 is 4.90 Å². The number of allylic oxidation sites excluding steroid dienone is 2. The topological polar surface area (TPSA) is 53.4 Å². The van der Waals surface area contributed by atoms with Gasteiger partial charge in [-0.05, 0) is 67.3 Å². The van der Waals surface area contributed by atoms with Crippen LogP contribution in [-0.2, 0) is 31.3 Å². The summed E-state index contributed by atoms with van der Waals surface area (Å²) >= 11 is 0. The molecule has 0 aliphatic carbocycles. The van der Waals surface area contributed by atoms with E-state index in [1.54, 1.807) is 0 Å². The summed E-state index contributed by atoms with van der Waals surface area (Å²) in [6, 6.07) is 29.8. The number of fused-ring (bicyclic) bond motifs is 4. The Bertz CT molecular complexity index is 1930. The van der Waals surface area contributed by atoms with Crippen LogP contribution in [0.25, 0.3) is 32.8 Å². The van der Waals surface area contributed by atoms with Crippen LogP contribution >= 0.6 is 0 Å². The quantitative estimate of drug-likeness (QED) is 0.0896. The maximum atomic E-state index is 11.7. The van der Waals surface area contributed by atoms with Crippen molar-refractivity contribution in [3.63, 3.8) is 0 Å². The van der Waals surface area contributed by atoms with Gasteiger partial charge in [0.1, 0.15) is 0 Å². The number of hydrogen-bond acceptors (Lipinski definition) is 4. The van der Waals surface area contributed by atoms with Gasteiger partial charge in [-0.3, -0.25) is 4.79 Å². The van der Waals surface area contributed by atoms with Gasteiger partial charge < -0.3 is 15.0 Å². The number of carbonyl (C=O) groups excluding carboxylic acids is 1. The standard InChI is InChI=1S/C31H27N2.C13H24O2.Ir/c1-20-13-16-25-28-24(20)11-8-12-27(28)33(23-9-6-5-7-10-23)30-26-17-21(18-31(2,3)4)14-15-22(26)19-32-29(25)30;1-5-10(6-2)12(14)9-13(15)11(7-3)8-4;/h5-15,17,19H,18H2,1-4H3;9-11,14H,5-8H2,1-4H3;/q-1;;/b;12-9-;. The second-order valence-corrected chi connectivity index (χ2v) is 14.3. The van der Waals surface area contributed by atoms with Crippen molar-refractivity contribution in [2.24, 2.45) is 17.3 Å². The first-order chi connectivity index (χ1) is 23.0. The molecule has 1 N–H and O–H groups in total. The Morgan fingerprint density at radius 3 is 2.20 bits per heavy atom. The van der Waals surface area contributed by atoms with Gasteiger partial charge in [0, 0.05) is 77.7 Å². The average Bonchev–Trinajstić information content (AvgIpc) is 3.07. The fourth-order valence-electron chi connectivity index (χ4n) is 6.96. The molecule has 4 nitrogen and oxygen atoms in total. The van der Waals surface area contributed by atoms with Gasteiger partial charge in [-0.2, -0.15) is 0 Å². The molecule has 0 spiro atoms. The van der Waals surface area contributed by atoms with Crippen LogP contribution in [0.1, 0.15) is 85.3 Å². The Morgan fingerprint density at radius 1 is 0.898 bits per heavy atom. The van der Waals surface area contributed by atoms with Crippen LogP contribution in [-0.4, -0.2) is 15.9 Å². The second-order valence-electron chi connectivity index (χ2n) is 14.3. The zero-order valence-corrected chi connectivity index (χ0v) is 32.8. The molecule has 1 aliphatic heterocycles. The van der Waals surface area contributed by atoms with Crippen LogP contribution in [0, 0.1) is 30.2 Å². The summed E-state index contributed by atoms with van der Waals surface area (Å²) in [5.41, 5.74) is 8.40. The Balaban J connectivity index is 0.000000290. The van der Waals surface area contributed by atoms with Crippen molar-refractivity contribution < 1.29 is 30.0 Å². The largest absolute Gasteiger partial charge is 0.512 e. The summed E-state index contributed by atoms with van der Waals surface area (Å²) < 4.78 is 0. The molecule has 0 amide bonds. The molecular formula is C44H51IrN2O2-. The molecule has 0 fully saturated rings. The average molecular weight is 832 g/mol. The molecule has 1 aromatic heterocycles. The van der Waals surface area contributed by atoms with Crippen molar-refractivity contribution >= 4 is 44.4 Å². The summed E-state index contributed by atoms with van der Waals surface area (Å²) in [4.78, 5) is 19.1. The number of aliphatic hydroxyl groups excluding tert-OH is 1. The third-order valence-corrected chi connectivity index (χ3v) is 9.61. The normalized spacial score (nSPS) is 12.5. The van der Waals surface area contributed by atoms with E-state index in [0.717, 1.165) is 60.1 Å². The fraction of sp³-hybridized carbons (Fsp3) is 0.364. The first-order valence-electron chi connectivity index (χ1n) is 17.7. The number of aliphatic hydroxyl groups is 1. The van der Waals surface area contributed by atoms with Crippen molar-refractivity contribution in [2.45, 2.75) is 87.5 Å². The van der Waals surface area contributed by atoms with E-state index in [1.807, 2.05) is 33.9 Å². The molecule has 5 aromatic rings. The van der Waals surface area contributed by atoms with Crippen LogP contribution in [0.5, 0.6) is 0 Å². The first-order valence-corrected chi connectivity index (χ1v) is 17.7. The van der Waals surface area contributed by atoms with Crippen LogP contribution in [0.15, 0.2) is 90.8 Å². The van der Waals surface area contributed by atoms with E-state index in [4.69, 9.17) is 4.98 Å². The van der Waals surface area contributed by atoms with Crippen molar-refractivity contribution in [3.8, 4) is 11.3 Å². The monoisotopic (exact) mass is 832 g/mol. The van der Waals surface area contributed by atoms with E-state index in [1.165, 1.54) is 39.0 Å². The van der Waals surface area contributed by atoms with Gasteiger partial charge >= 0.3 is 0 Å². The summed E-state index contributed by atoms with van der Waals surface area (Å²) in [6.45, 7) is 17.1. The molecule has 5 heteroatoms. The zero-order valence-electron chi connectivity index (χ0n) is 30.4. The van der Waals surface area contributed by atoms with E-state index < -0.39 is 0 Å². The van der Waals surface area contributed by atoms with Gasteiger partial charge in [0.2, 0.25) is 0 Å². The predicted octanol–water partition coefficient (Wildman–Crippen LogP) is 12.4. The van der Waals surface area contributed by atoms with E-state index in [0.29, 0.717) is 0 Å². The van der Waals surface area contributed by atoms with Crippen LogP contribution in [0.2, 0.25) is 0 Å². The Kier molecular flexibility index (Phi) is 12.6. The van der Waals surface area contributed by atoms with E-state index in [9.17, 15) is 9.90 Å². The minimum Gasteiger partial charge on any atom is -0.512 e. The molecule has 0 saturated carbocycles. The van der Waals surface area contributed by atoms with E-state index >= 15 is 0 Å². The third kappa shape index (κ3) is 8.17. The summed E-state index contributed by atoms with van der Waals surface area (Å²) in [6.07, 6.45) is 7.96. The smallest absolute Gasteiger partial charge is 0.162 e. The van der Waals surface area contributed by atoms with Gasteiger partial charge in [-0.15, -0.1) is 23.3 Å². The number of carbonyl (C=O) groups is 1. The van der Waals surface area contributed by atoms with Crippen LogP contribution in [0.4, 0.5) is 17.1 Å². The second kappa shape index (κ2) is 16.3. The van der Waals surface area contributed by atoms with Crippen molar-refractivity contribution in [2.75, 3.05) is 4.90 Å². The number of nitrogens with zero attached hydrogens (tertiary/aromatic N) is 2. The SMILES string of the molecule is CCC(CC)C(=O)/C=C(\O)C(CC)CC.Cc1c[c-]c2c3c(cccc13)N(c1ccccc1)c1c-2ncc2ccc(CC(C)(C)C)cc12.[Ir]. The van der Waals surface area contributed by atoms with Gasteiger partial charge in [0.15, 0.2) is 5.78 Å². The molecule has 259 valence electrons. The van der Waals surface area contributed by atoms with E-state index in [-0.39, 0.29) is 48.9 Å². The molecular weight excluding hydrogens is 781 g/mol. The number of ketones is 1. The molecule has 0 saturated heterocycles. The molecule has 1 aliphatic rings. The molecule has 6 rings (SSSR count). The molecule has 49 heavy (non-hydrogen) atoms. The molecule has 0 unspecified atom stereocenters. The van der Waals surface area contributed by atoms with Crippen molar-refractivity contribution in [1.29, 1.82) is 0 Å². The van der Waals surface area contributed by atoms with Gasteiger partial charge in [0.05, 0.1) is 5.76 Å². The number of anilines is 3. The molecule has 1 radical (unpaired) electrons. The number of benzene rings is 4. The fourth-order valence-corrected chi connectivity index (χ4v) is 6.96. The minimum absolute atomic E-state index is 0. The third-order valence-electron chi connectivity index (χ3n) is 9.61. The Morgan fingerprint density at radius 2 is 1.57 bits per heavy atom. The maximum Gasteiger partial charge on any atom is 0.162 e. The number of aromatic nitrogens is 1. The zero-order chi connectivity index (χ0) is 34.6. The Labute approximate surface area is 307 Å². The van der Waals surface area contributed by atoms with Crippen LogP contribution in [0.3, 0.4) is 0 Å². The van der Waals surface area contributed by atoms with Gasteiger partial charge in [-0.1, -0.05) is 109 Å². The number of aryl methyl sites for hydroxylation is 1. The Hall–Kier alpha value is -3.79. The van der Waals surface area contributed by atoms with E-state index in [2.05, 4.69) is 111 Å². The molecule has 4 aromatic carbocycles. The number of pyridine rings is 1. The summed E-state index contributed by atoms with van der Waals surface area (Å²) in [7, 11) is 0. The molecule has 0 bridgehead atoms.